The largest absolute Gasteiger partial charge is 0.497 e. The molecule has 122 valence electrons. The zero-order valence-corrected chi connectivity index (χ0v) is 14.1. The fourth-order valence-corrected chi connectivity index (χ4v) is 2.87. The van der Waals surface area contributed by atoms with Crippen LogP contribution in [0.1, 0.15) is 5.01 Å². The first-order chi connectivity index (χ1) is 11.7. The molecule has 0 aliphatic carbocycles. The molecule has 1 heterocycles. The molecule has 24 heavy (non-hydrogen) atoms. The number of guanidine groups is 1. The van der Waals surface area contributed by atoms with E-state index in [4.69, 9.17) is 10.5 Å². The van der Waals surface area contributed by atoms with Gasteiger partial charge in [0.15, 0.2) is 5.96 Å². The summed E-state index contributed by atoms with van der Waals surface area (Å²) in [5.41, 5.74) is 8.86. The Morgan fingerprint density at radius 2 is 1.92 bits per heavy atom. The number of nitrogens with one attached hydrogen (secondary N) is 1. The number of thiazole rings is 1. The van der Waals surface area contributed by atoms with E-state index < -0.39 is 0 Å². The minimum atomic E-state index is 0.358. The number of ether oxygens (including phenoxy) is 1. The van der Waals surface area contributed by atoms with Crippen LogP contribution in [-0.4, -0.2) is 18.1 Å². The van der Waals surface area contributed by atoms with E-state index in [9.17, 15) is 0 Å². The molecule has 0 bridgehead atoms. The molecule has 0 unspecified atom stereocenters. The van der Waals surface area contributed by atoms with E-state index in [1.165, 1.54) is 0 Å². The maximum atomic E-state index is 5.93. The molecule has 1 aromatic heterocycles. The van der Waals surface area contributed by atoms with Crippen LogP contribution in [0.15, 0.2) is 65.0 Å². The van der Waals surface area contributed by atoms with Crippen LogP contribution < -0.4 is 15.8 Å². The fraction of sp³-hybridized carbons (Fsp3) is 0.111. The van der Waals surface area contributed by atoms with E-state index in [1.54, 1.807) is 18.4 Å². The van der Waals surface area contributed by atoms with E-state index in [1.807, 2.05) is 60.0 Å². The summed E-state index contributed by atoms with van der Waals surface area (Å²) in [6, 6.07) is 17.6. The molecule has 0 amide bonds. The number of benzene rings is 2. The van der Waals surface area contributed by atoms with Crippen molar-refractivity contribution >= 4 is 23.0 Å². The minimum Gasteiger partial charge on any atom is -0.497 e. The Labute approximate surface area is 144 Å². The van der Waals surface area contributed by atoms with E-state index in [0.717, 1.165) is 27.7 Å². The zero-order chi connectivity index (χ0) is 16.8. The van der Waals surface area contributed by atoms with Crippen molar-refractivity contribution in [1.29, 1.82) is 0 Å². The van der Waals surface area contributed by atoms with Crippen LogP contribution in [0.2, 0.25) is 0 Å². The third-order valence-corrected chi connectivity index (χ3v) is 4.20. The van der Waals surface area contributed by atoms with Gasteiger partial charge in [0, 0.05) is 16.6 Å². The van der Waals surface area contributed by atoms with Crippen molar-refractivity contribution < 1.29 is 4.74 Å². The van der Waals surface area contributed by atoms with Crippen LogP contribution in [0.25, 0.3) is 11.3 Å². The minimum absolute atomic E-state index is 0.358. The van der Waals surface area contributed by atoms with Gasteiger partial charge in [0.25, 0.3) is 0 Å². The van der Waals surface area contributed by atoms with Crippen LogP contribution >= 0.6 is 11.3 Å². The number of hydrogen-bond acceptors (Lipinski definition) is 4. The van der Waals surface area contributed by atoms with Crippen LogP contribution in [-0.2, 0) is 6.54 Å². The molecule has 0 aliphatic rings. The van der Waals surface area contributed by atoms with Crippen LogP contribution in [0, 0.1) is 0 Å². The van der Waals surface area contributed by atoms with Crippen molar-refractivity contribution in [3.63, 3.8) is 0 Å². The lowest BCUT2D eigenvalue weighted by atomic mass is 10.2. The monoisotopic (exact) mass is 338 g/mol. The highest BCUT2D eigenvalue weighted by Gasteiger charge is 2.04. The van der Waals surface area contributed by atoms with Gasteiger partial charge in [-0.2, -0.15) is 0 Å². The number of aromatic nitrogens is 1. The Hall–Kier alpha value is -2.86. The van der Waals surface area contributed by atoms with Gasteiger partial charge in [-0.15, -0.1) is 11.3 Å². The molecule has 2 aromatic carbocycles. The molecule has 0 saturated heterocycles. The maximum absolute atomic E-state index is 5.93. The predicted octanol–water partition coefficient (Wildman–Crippen LogP) is 3.75. The molecule has 5 nitrogen and oxygen atoms in total. The van der Waals surface area contributed by atoms with Crippen molar-refractivity contribution in [3.05, 3.63) is 65.0 Å². The van der Waals surface area contributed by atoms with Gasteiger partial charge in [-0.3, -0.25) is 0 Å². The van der Waals surface area contributed by atoms with E-state index >= 15 is 0 Å². The molecule has 0 radical (unpaired) electrons. The molecule has 3 aromatic rings. The van der Waals surface area contributed by atoms with Crippen LogP contribution in [0.3, 0.4) is 0 Å². The van der Waals surface area contributed by atoms with E-state index in [-0.39, 0.29) is 0 Å². The van der Waals surface area contributed by atoms with Crippen LogP contribution in [0.5, 0.6) is 5.75 Å². The standard InChI is InChI=1S/C18H18N4OS/c1-23-15-9-7-14(8-10-15)21-18(19)20-11-17-22-16(12-24-17)13-5-3-2-4-6-13/h2-10,12H,11H2,1H3,(H3,19,20,21). The molecule has 0 saturated carbocycles. The number of nitrogens with zero attached hydrogens (tertiary/aromatic N) is 2. The molecule has 0 spiro atoms. The summed E-state index contributed by atoms with van der Waals surface area (Å²) in [5.74, 6) is 1.16. The van der Waals surface area contributed by atoms with Gasteiger partial charge >= 0.3 is 0 Å². The van der Waals surface area contributed by atoms with Gasteiger partial charge < -0.3 is 15.8 Å². The predicted molar refractivity (Wildman–Crippen MR) is 99.5 cm³/mol. The Balaban J connectivity index is 1.61. The summed E-state index contributed by atoms with van der Waals surface area (Å²) in [7, 11) is 1.63. The summed E-state index contributed by atoms with van der Waals surface area (Å²) in [6.07, 6.45) is 0. The Morgan fingerprint density at radius 3 is 2.62 bits per heavy atom. The van der Waals surface area contributed by atoms with Gasteiger partial charge in [-0.1, -0.05) is 30.3 Å². The van der Waals surface area contributed by atoms with Crippen LogP contribution in [0.4, 0.5) is 5.69 Å². The highest BCUT2D eigenvalue weighted by Crippen LogP contribution is 2.22. The van der Waals surface area contributed by atoms with Gasteiger partial charge in [0.1, 0.15) is 10.8 Å². The van der Waals surface area contributed by atoms with Gasteiger partial charge in [-0.05, 0) is 24.3 Å². The highest BCUT2D eigenvalue weighted by molar-refractivity contribution is 7.09. The summed E-state index contributed by atoms with van der Waals surface area (Å²) in [6.45, 7) is 0.451. The third-order valence-electron chi connectivity index (χ3n) is 3.37. The average Bonchev–Trinajstić information content (AvgIpc) is 3.10. The topological polar surface area (TPSA) is 72.5 Å². The quantitative estimate of drug-likeness (QED) is 0.549. The molecule has 3 rings (SSSR count). The second-order valence-electron chi connectivity index (χ2n) is 5.05. The van der Waals surface area contributed by atoms with Crippen molar-refractivity contribution in [2.24, 2.45) is 10.7 Å². The van der Waals surface area contributed by atoms with Crippen molar-refractivity contribution in [1.82, 2.24) is 4.98 Å². The molecule has 3 N–H and O–H groups in total. The zero-order valence-electron chi connectivity index (χ0n) is 13.3. The van der Waals surface area contributed by atoms with E-state index in [0.29, 0.717) is 12.5 Å². The SMILES string of the molecule is COc1ccc(NC(N)=NCc2nc(-c3ccccc3)cs2)cc1. The molecule has 6 heteroatoms. The number of anilines is 1. The van der Waals surface area contributed by atoms with Gasteiger partial charge in [0.2, 0.25) is 0 Å². The normalized spacial score (nSPS) is 11.3. The highest BCUT2D eigenvalue weighted by atomic mass is 32.1. The first kappa shape index (κ1) is 16.0. The Morgan fingerprint density at radius 1 is 1.17 bits per heavy atom. The fourth-order valence-electron chi connectivity index (χ4n) is 2.14. The summed E-state index contributed by atoms with van der Waals surface area (Å²) in [5, 5.41) is 6.01. The van der Waals surface area contributed by atoms with Gasteiger partial charge in [-0.25, -0.2) is 9.98 Å². The lowest BCUT2D eigenvalue weighted by Crippen LogP contribution is -2.22. The first-order valence-corrected chi connectivity index (χ1v) is 8.33. The molecule has 0 aliphatic heterocycles. The number of hydrogen-bond donors (Lipinski definition) is 2. The molecule has 0 fully saturated rings. The number of nitrogens with two attached hydrogens (primary N) is 1. The Kier molecular flexibility index (Phi) is 5.08. The van der Waals surface area contributed by atoms with Crippen molar-refractivity contribution in [2.75, 3.05) is 12.4 Å². The second-order valence-corrected chi connectivity index (χ2v) is 5.99. The second kappa shape index (κ2) is 7.61. The number of methoxy groups -OCH3 is 1. The molecule has 0 atom stereocenters. The third kappa shape index (κ3) is 4.11. The van der Waals surface area contributed by atoms with E-state index in [2.05, 4.69) is 15.3 Å². The lowest BCUT2D eigenvalue weighted by Gasteiger charge is -2.06. The number of aliphatic imine (C=N–C) groups is 1. The van der Waals surface area contributed by atoms with Crippen molar-refractivity contribution in [2.45, 2.75) is 6.54 Å². The number of rotatable bonds is 5. The molecular weight excluding hydrogens is 320 g/mol. The van der Waals surface area contributed by atoms with Gasteiger partial charge in [0.05, 0.1) is 19.3 Å². The van der Waals surface area contributed by atoms with Crippen molar-refractivity contribution in [3.8, 4) is 17.0 Å². The Bertz CT molecular complexity index is 813. The summed E-state index contributed by atoms with van der Waals surface area (Å²) < 4.78 is 5.12. The average molecular weight is 338 g/mol. The first-order valence-electron chi connectivity index (χ1n) is 7.45. The lowest BCUT2D eigenvalue weighted by molar-refractivity contribution is 0.415. The maximum Gasteiger partial charge on any atom is 0.193 e. The summed E-state index contributed by atoms with van der Waals surface area (Å²) >= 11 is 1.58. The summed E-state index contributed by atoms with van der Waals surface area (Å²) in [4.78, 5) is 8.93. The smallest absolute Gasteiger partial charge is 0.193 e. The molecular formula is C18H18N4OS.